The van der Waals surface area contributed by atoms with Crippen LogP contribution in [0.4, 0.5) is 15.8 Å². The van der Waals surface area contributed by atoms with Crippen molar-refractivity contribution < 1.29 is 9.60 Å². The fourth-order valence-electron chi connectivity index (χ4n) is 1.81. The lowest BCUT2D eigenvalue weighted by Gasteiger charge is -2.20. The van der Waals surface area contributed by atoms with E-state index in [1.165, 1.54) is 12.1 Å². The van der Waals surface area contributed by atoms with Crippen LogP contribution < -0.4 is 10.6 Å². The molecule has 3 N–H and O–H groups in total. The van der Waals surface area contributed by atoms with Gasteiger partial charge in [-0.15, -0.1) is 0 Å². The Morgan fingerprint density at radius 1 is 1.25 bits per heavy atom. The summed E-state index contributed by atoms with van der Waals surface area (Å²) < 4.78 is 13.2. The first-order valence-electron chi connectivity index (χ1n) is 5.79. The van der Waals surface area contributed by atoms with Crippen LogP contribution in [0.3, 0.4) is 0 Å². The highest BCUT2D eigenvalue weighted by molar-refractivity contribution is 6.34. The molecular formula is C14H13ClFN3O. The number of halogens is 2. The summed E-state index contributed by atoms with van der Waals surface area (Å²) in [4.78, 5) is 1.78. The average molecular weight is 294 g/mol. The van der Waals surface area contributed by atoms with Gasteiger partial charge in [0, 0.05) is 24.0 Å². The molecule has 0 spiro atoms. The van der Waals surface area contributed by atoms with Crippen LogP contribution in [0.2, 0.25) is 5.02 Å². The van der Waals surface area contributed by atoms with Crippen molar-refractivity contribution in [3.05, 3.63) is 58.9 Å². The van der Waals surface area contributed by atoms with Gasteiger partial charge in [0.15, 0.2) is 5.84 Å². The quantitative estimate of drug-likeness (QED) is 0.395. The molecule has 0 aliphatic carbocycles. The van der Waals surface area contributed by atoms with E-state index in [1.807, 2.05) is 0 Å². The molecule has 0 radical (unpaired) electrons. The Kier molecular flexibility index (Phi) is 4.10. The van der Waals surface area contributed by atoms with E-state index in [9.17, 15) is 4.39 Å². The Morgan fingerprint density at radius 3 is 2.55 bits per heavy atom. The van der Waals surface area contributed by atoms with Gasteiger partial charge in [0.05, 0.1) is 5.02 Å². The maximum absolute atomic E-state index is 13.2. The predicted molar refractivity (Wildman–Crippen MR) is 78.4 cm³/mol. The number of rotatable bonds is 3. The van der Waals surface area contributed by atoms with E-state index >= 15 is 0 Å². The summed E-state index contributed by atoms with van der Waals surface area (Å²) in [5, 5.41) is 11.9. The number of nitrogens with two attached hydrogens (primary N) is 1. The van der Waals surface area contributed by atoms with E-state index in [2.05, 4.69) is 5.16 Å². The highest BCUT2D eigenvalue weighted by Crippen LogP contribution is 2.28. The zero-order valence-corrected chi connectivity index (χ0v) is 11.5. The fraction of sp³-hybridized carbons (Fsp3) is 0.0714. The molecule has 2 aromatic rings. The summed E-state index contributed by atoms with van der Waals surface area (Å²) in [6, 6.07) is 11.3. The Bertz CT molecular complexity index is 661. The Morgan fingerprint density at radius 2 is 1.95 bits per heavy atom. The van der Waals surface area contributed by atoms with Crippen molar-refractivity contribution in [2.24, 2.45) is 10.9 Å². The molecule has 0 amide bonds. The van der Waals surface area contributed by atoms with Gasteiger partial charge in [-0.2, -0.15) is 0 Å². The molecule has 0 unspecified atom stereocenters. The maximum atomic E-state index is 13.2. The summed E-state index contributed by atoms with van der Waals surface area (Å²) in [7, 11) is 1.80. The number of hydrogen-bond donors (Lipinski definition) is 2. The summed E-state index contributed by atoms with van der Waals surface area (Å²) in [6.07, 6.45) is 0. The molecule has 0 aromatic heterocycles. The van der Waals surface area contributed by atoms with Crippen LogP contribution in [0.5, 0.6) is 0 Å². The fourth-order valence-corrected chi connectivity index (χ4v) is 2.08. The highest BCUT2D eigenvalue weighted by Gasteiger charge is 2.10. The summed E-state index contributed by atoms with van der Waals surface area (Å²) in [5.41, 5.74) is 7.39. The number of amidine groups is 1. The van der Waals surface area contributed by atoms with Crippen molar-refractivity contribution in [3.63, 3.8) is 0 Å². The lowest BCUT2D eigenvalue weighted by molar-refractivity contribution is 0.318. The summed E-state index contributed by atoms with van der Waals surface area (Å²) in [5.74, 6) is -0.372. The molecule has 0 bridgehead atoms. The molecule has 0 fully saturated rings. The monoisotopic (exact) mass is 293 g/mol. The minimum Gasteiger partial charge on any atom is -0.409 e. The Labute approximate surface area is 120 Å². The number of oxime groups is 1. The molecule has 0 aliphatic rings. The van der Waals surface area contributed by atoms with Gasteiger partial charge in [-0.1, -0.05) is 22.8 Å². The number of benzene rings is 2. The standard InChI is InChI=1S/C14H13ClFN3O/c1-19(10-4-2-3-9(16)7-10)11-5-6-12(13(15)8-11)14(17)18-20/h2-8,20H,1H3,(H2,17,18). The normalized spacial score (nSPS) is 11.4. The third kappa shape index (κ3) is 2.83. The van der Waals surface area contributed by atoms with Gasteiger partial charge in [-0.25, -0.2) is 4.39 Å². The molecule has 2 rings (SSSR count). The highest BCUT2D eigenvalue weighted by atomic mass is 35.5. The smallest absolute Gasteiger partial charge is 0.171 e. The van der Waals surface area contributed by atoms with Crippen LogP contribution in [0, 0.1) is 5.82 Å². The van der Waals surface area contributed by atoms with E-state index < -0.39 is 0 Å². The first kappa shape index (κ1) is 14.1. The number of anilines is 2. The first-order valence-corrected chi connectivity index (χ1v) is 6.17. The summed E-state index contributed by atoms with van der Waals surface area (Å²) >= 11 is 6.09. The van der Waals surface area contributed by atoms with Gasteiger partial charge in [0.1, 0.15) is 5.82 Å². The van der Waals surface area contributed by atoms with Gasteiger partial charge >= 0.3 is 0 Å². The van der Waals surface area contributed by atoms with Gasteiger partial charge in [0.25, 0.3) is 0 Å². The lowest BCUT2D eigenvalue weighted by atomic mass is 10.1. The van der Waals surface area contributed by atoms with Crippen LogP contribution in [-0.2, 0) is 0 Å². The molecule has 0 heterocycles. The molecular weight excluding hydrogens is 281 g/mol. The third-order valence-electron chi connectivity index (χ3n) is 2.92. The Balaban J connectivity index is 2.37. The van der Waals surface area contributed by atoms with Gasteiger partial charge < -0.3 is 15.8 Å². The van der Waals surface area contributed by atoms with Crippen molar-refractivity contribution >= 4 is 28.8 Å². The second-order valence-corrected chi connectivity index (χ2v) is 4.60. The van der Waals surface area contributed by atoms with Crippen LogP contribution >= 0.6 is 11.6 Å². The lowest BCUT2D eigenvalue weighted by Crippen LogP contribution is -2.15. The van der Waals surface area contributed by atoms with E-state index in [0.29, 0.717) is 16.3 Å². The molecule has 0 atom stereocenters. The van der Waals surface area contributed by atoms with Gasteiger partial charge in [0.2, 0.25) is 0 Å². The van der Waals surface area contributed by atoms with Crippen LogP contribution in [0.1, 0.15) is 5.56 Å². The molecule has 0 saturated carbocycles. The number of nitrogens with zero attached hydrogens (tertiary/aromatic N) is 2. The van der Waals surface area contributed by atoms with Crippen molar-refractivity contribution in [1.82, 2.24) is 0 Å². The average Bonchev–Trinajstić information content (AvgIpc) is 2.45. The van der Waals surface area contributed by atoms with E-state index in [1.54, 1.807) is 42.3 Å². The minimum absolute atomic E-state index is 0.0602. The third-order valence-corrected chi connectivity index (χ3v) is 3.23. The molecule has 2 aromatic carbocycles. The Hall–Kier alpha value is -2.27. The largest absolute Gasteiger partial charge is 0.409 e. The zero-order valence-electron chi connectivity index (χ0n) is 10.7. The van der Waals surface area contributed by atoms with Gasteiger partial charge in [-0.3, -0.25) is 0 Å². The molecule has 0 aliphatic heterocycles. The van der Waals surface area contributed by atoms with Crippen molar-refractivity contribution in [3.8, 4) is 0 Å². The SMILES string of the molecule is CN(c1cccc(F)c1)c1ccc(C(N)=NO)c(Cl)c1. The first-order chi connectivity index (χ1) is 9.52. The second kappa shape index (κ2) is 5.79. The van der Waals surface area contributed by atoms with Gasteiger partial charge in [-0.05, 0) is 36.4 Å². The number of hydrogen-bond acceptors (Lipinski definition) is 3. The molecule has 20 heavy (non-hydrogen) atoms. The van der Waals surface area contributed by atoms with E-state index in [0.717, 1.165) is 5.69 Å². The predicted octanol–water partition coefficient (Wildman–Crippen LogP) is 3.34. The van der Waals surface area contributed by atoms with Crippen molar-refractivity contribution in [2.75, 3.05) is 11.9 Å². The molecule has 0 saturated heterocycles. The molecule has 104 valence electrons. The van der Waals surface area contributed by atoms with Crippen LogP contribution in [0.25, 0.3) is 0 Å². The summed E-state index contributed by atoms with van der Waals surface area (Å²) in [6.45, 7) is 0. The maximum Gasteiger partial charge on any atom is 0.171 e. The van der Waals surface area contributed by atoms with Crippen LogP contribution in [-0.4, -0.2) is 18.1 Å². The van der Waals surface area contributed by atoms with Crippen molar-refractivity contribution in [1.29, 1.82) is 0 Å². The molecule has 4 nitrogen and oxygen atoms in total. The second-order valence-electron chi connectivity index (χ2n) is 4.19. The molecule has 6 heteroatoms. The zero-order chi connectivity index (χ0) is 14.7. The van der Waals surface area contributed by atoms with E-state index in [4.69, 9.17) is 22.5 Å². The topological polar surface area (TPSA) is 61.8 Å². The minimum atomic E-state index is -0.311. The van der Waals surface area contributed by atoms with Crippen molar-refractivity contribution in [2.45, 2.75) is 0 Å². The van der Waals surface area contributed by atoms with Crippen LogP contribution in [0.15, 0.2) is 47.6 Å². The van der Waals surface area contributed by atoms with E-state index in [-0.39, 0.29) is 11.7 Å².